The van der Waals surface area contributed by atoms with Gasteiger partial charge in [0.1, 0.15) is 5.82 Å². The summed E-state index contributed by atoms with van der Waals surface area (Å²) in [6, 6.07) is 14.7. The van der Waals surface area contributed by atoms with E-state index in [1.165, 1.54) is 4.68 Å². The molecule has 0 saturated heterocycles. The Morgan fingerprint density at radius 3 is 2.73 bits per heavy atom. The molecule has 156 valence electrons. The van der Waals surface area contributed by atoms with Crippen molar-refractivity contribution in [1.29, 1.82) is 0 Å². The van der Waals surface area contributed by atoms with Crippen LogP contribution in [0.15, 0.2) is 53.7 Å². The van der Waals surface area contributed by atoms with Crippen LogP contribution in [0.25, 0.3) is 0 Å². The number of nitrogens with zero attached hydrogens (tertiary/aromatic N) is 6. The Morgan fingerprint density at radius 2 is 2.00 bits per heavy atom. The maximum Gasteiger partial charge on any atom is 0.412 e. The Labute approximate surface area is 173 Å². The number of unbranched alkanes of at least 4 members (excludes halogenated alkanes) is 1. The number of carbonyl (C=O) groups excluding carboxylic acids is 1. The first-order valence-corrected chi connectivity index (χ1v) is 9.55. The number of hydrogen-bond acceptors (Lipinski definition) is 8. The Kier molecular flexibility index (Phi) is 7.42. The lowest BCUT2D eigenvalue weighted by Gasteiger charge is -2.08. The largest absolute Gasteiger partial charge is 0.449 e. The molecule has 0 saturated carbocycles. The number of carbonyl (C=O) groups is 1. The summed E-state index contributed by atoms with van der Waals surface area (Å²) in [4.78, 5) is 21.6. The highest BCUT2D eigenvalue weighted by Crippen LogP contribution is 2.10. The number of rotatable bonds is 9. The third kappa shape index (κ3) is 5.84. The second-order valence-corrected chi connectivity index (χ2v) is 6.33. The quantitative estimate of drug-likeness (QED) is 0.328. The summed E-state index contributed by atoms with van der Waals surface area (Å²) in [5, 5.41) is 18.4. The van der Waals surface area contributed by atoms with E-state index in [9.17, 15) is 4.79 Å². The van der Waals surface area contributed by atoms with E-state index in [-0.39, 0.29) is 6.61 Å². The zero-order chi connectivity index (χ0) is 21.2. The summed E-state index contributed by atoms with van der Waals surface area (Å²) in [5.74, 6) is 0.849. The molecule has 0 unspecified atom stereocenters. The molecular weight excluding hydrogens is 386 g/mol. The van der Waals surface area contributed by atoms with Gasteiger partial charge in [0.15, 0.2) is 12.3 Å². The Hall–Kier alpha value is -3.82. The third-order valence-corrected chi connectivity index (χ3v) is 4.02. The summed E-state index contributed by atoms with van der Waals surface area (Å²) in [7, 11) is 1.73. The van der Waals surface area contributed by atoms with Gasteiger partial charge in [-0.25, -0.2) is 14.5 Å². The highest BCUT2D eigenvalue weighted by Gasteiger charge is 2.15. The monoisotopic (exact) mass is 409 g/mol. The van der Waals surface area contributed by atoms with Gasteiger partial charge in [0, 0.05) is 12.6 Å². The van der Waals surface area contributed by atoms with E-state index in [4.69, 9.17) is 9.57 Å². The first kappa shape index (κ1) is 20.9. The molecule has 2 heterocycles. The first-order chi connectivity index (χ1) is 14.7. The second-order valence-electron chi connectivity index (χ2n) is 6.33. The minimum atomic E-state index is -0.534. The molecule has 0 spiro atoms. The van der Waals surface area contributed by atoms with Gasteiger partial charge in [0.2, 0.25) is 5.82 Å². The van der Waals surface area contributed by atoms with Crippen LogP contribution in [0.2, 0.25) is 0 Å². The molecule has 1 amide bonds. The van der Waals surface area contributed by atoms with Crippen molar-refractivity contribution in [1.82, 2.24) is 25.2 Å². The van der Waals surface area contributed by atoms with Gasteiger partial charge in [0.25, 0.3) is 0 Å². The predicted molar refractivity (Wildman–Crippen MR) is 110 cm³/mol. The van der Waals surface area contributed by atoms with Crippen LogP contribution in [0.5, 0.6) is 0 Å². The number of aryl methyl sites for hydroxylation is 1. The molecule has 1 N–H and O–H groups in total. The van der Waals surface area contributed by atoms with Crippen molar-refractivity contribution in [3.05, 3.63) is 65.6 Å². The molecule has 0 atom stereocenters. The molecule has 0 fully saturated rings. The molecule has 3 aromatic rings. The number of ether oxygens (including phenoxy) is 1. The van der Waals surface area contributed by atoms with Crippen LogP contribution in [-0.2, 0) is 23.2 Å². The molecule has 0 aliphatic carbocycles. The highest BCUT2D eigenvalue weighted by molar-refractivity contribution is 6.10. The average molecular weight is 409 g/mol. The van der Waals surface area contributed by atoms with E-state index in [0.717, 1.165) is 18.4 Å². The minimum absolute atomic E-state index is 0.0992. The summed E-state index contributed by atoms with van der Waals surface area (Å²) in [6.45, 7) is 2.50. The number of oxime groups is 1. The zero-order valence-electron chi connectivity index (χ0n) is 16.9. The molecule has 10 nitrogen and oxygen atoms in total. The van der Waals surface area contributed by atoms with Gasteiger partial charge in [-0.1, -0.05) is 54.9 Å². The predicted octanol–water partition coefficient (Wildman–Crippen LogP) is 2.92. The molecule has 0 radical (unpaired) electrons. The number of benzene rings is 1. The summed E-state index contributed by atoms with van der Waals surface area (Å²) < 4.78 is 6.59. The number of tetrazole rings is 1. The van der Waals surface area contributed by atoms with Crippen LogP contribution >= 0.6 is 0 Å². The number of nitrogens with one attached hydrogen (secondary N) is 1. The lowest BCUT2D eigenvalue weighted by atomic mass is 10.1. The highest BCUT2D eigenvalue weighted by atomic mass is 16.6. The molecule has 2 aromatic heterocycles. The van der Waals surface area contributed by atoms with Crippen LogP contribution in [-0.4, -0.2) is 43.6 Å². The smallest absolute Gasteiger partial charge is 0.412 e. The lowest BCUT2D eigenvalue weighted by Crippen LogP contribution is -2.15. The Morgan fingerprint density at radius 1 is 1.17 bits per heavy atom. The number of hydrogen-bond donors (Lipinski definition) is 1. The van der Waals surface area contributed by atoms with Crippen molar-refractivity contribution in [2.75, 3.05) is 11.9 Å². The van der Waals surface area contributed by atoms with E-state index in [1.807, 2.05) is 37.3 Å². The number of aromatic nitrogens is 5. The minimum Gasteiger partial charge on any atom is -0.449 e. The second kappa shape index (κ2) is 10.6. The fourth-order valence-corrected chi connectivity index (χ4v) is 2.49. The van der Waals surface area contributed by atoms with Crippen LogP contribution in [0, 0.1) is 0 Å². The summed E-state index contributed by atoms with van der Waals surface area (Å²) in [6.07, 6.45) is 1.24. The first-order valence-electron chi connectivity index (χ1n) is 9.55. The molecular formula is C20H23N7O3. The van der Waals surface area contributed by atoms with Gasteiger partial charge < -0.3 is 9.57 Å². The van der Waals surface area contributed by atoms with Crippen molar-refractivity contribution in [2.45, 2.75) is 26.4 Å². The summed E-state index contributed by atoms with van der Waals surface area (Å²) in [5.41, 5.74) is 1.90. The molecule has 0 aliphatic heterocycles. The fourth-order valence-electron chi connectivity index (χ4n) is 2.49. The van der Waals surface area contributed by atoms with Crippen molar-refractivity contribution in [3.63, 3.8) is 0 Å². The summed E-state index contributed by atoms with van der Waals surface area (Å²) >= 11 is 0. The van der Waals surface area contributed by atoms with Gasteiger partial charge in [-0.3, -0.25) is 5.32 Å². The Balaban J connectivity index is 1.67. The lowest BCUT2D eigenvalue weighted by molar-refractivity contribution is 0.128. The molecule has 1 aromatic carbocycles. The number of anilines is 1. The maximum absolute atomic E-state index is 11.8. The van der Waals surface area contributed by atoms with Crippen molar-refractivity contribution < 1.29 is 14.4 Å². The Bertz CT molecular complexity index is 989. The molecule has 10 heteroatoms. The van der Waals surface area contributed by atoms with E-state index in [2.05, 4.69) is 31.0 Å². The van der Waals surface area contributed by atoms with Crippen LogP contribution in [0.4, 0.5) is 10.6 Å². The average Bonchev–Trinajstić information content (AvgIpc) is 3.18. The van der Waals surface area contributed by atoms with E-state index in [1.54, 1.807) is 25.2 Å². The van der Waals surface area contributed by atoms with Gasteiger partial charge >= 0.3 is 6.09 Å². The van der Waals surface area contributed by atoms with E-state index in [0.29, 0.717) is 29.7 Å². The van der Waals surface area contributed by atoms with E-state index >= 15 is 0 Å². The van der Waals surface area contributed by atoms with E-state index < -0.39 is 6.09 Å². The van der Waals surface area contributed by atoms with Gasteiger partial charge in [0.05, 0.1) is 12.3 Å². The van der Waals surface area contributed by atoms with Crippen LogP contribution in [0.3, 0.4) is 0 Å². The van der Waals surface area contributed by atoms with Crippen molar-refractivity contribution in [3.8, 4) is 0 Å². The molecule has 30 heavy (non-hydrogen) atoms. The van der Waals surface area contributed by atoms with Crippen LogP contribution in [0.1, 0.15) is 36.8 Å². The van der Waals surface area contributed by atoms with Gasteiger partial charge in [-0.15, -0.1) is 5.10 Å². The molecule has 0 aliphatic rings. The third-order valence-electron chi connectivity index (χ3n) is 4.02. The molecule has 0 bridgehead atoms. The molecule has 3 rings (SSSR count). The SMILES string of the molecule is CCCCOC(=O)Nc1cccc(CO/N=C(/c2ccccc2)c2nnnn2C)n1. The number of amides is 1. The number of pyridine rings is 1. The maximum atomic E-state index is 11.8. The normalized spacial score (nSPS) is 11.2. The van der Waals surface area contributed by atoms with Crippen molar-refractivity contribution >= 4 is 17.6 Å². The van der Waals surface area contributed by atoms with Gasteiger partial charge in [-0.05, 0) is 29.0 Å². The van der Waals surface area contributed by atoms with Crippen LogP contribution < -0.4 is 5.32 Å². The van der Waals surface area contributed by atoms with Gasteiger partial charge in [-0.2, -0.15) is 0 Å². The standard InChI is InChI=1S/C20H23N7O3/c1-3-4-13-29-20(28)22-17-12-8-11-16(21-17)14-30-24-18(15-9-6-5-7-10-15)19-23-25-26-27(19)2/h5-12H,3-4,13-14H2,1-2H3,(H,21,22,28)/b24-18-. The topological polar surface area (TPSA) is 116 Å². The fraction of sp³-hybridized carbons (Fsp3) is 0.300. The van der Waals surface area contributed by atoms with Crippen molar-refractivity contribution in [2.24, 2.45) is 12.2 Å². The zero-order valence-corrected chi connectivity index (χ0v) is 16.9.